The summed E-state index contributed by atoms with van der Waals surface area (Å²) in [7, 11) is 0. The molecule has 4 unspecified atom stereocenters. The van der Waals surface area contributed by atoms with Gasteiger partial charge in [0.1, 0.15) is 10.4 Å². The van der Waals surface area contributed by atoms with E-state index in [1.54, 1.807) is 0 Å². The molecule has 84 valence electrons. The molecule has 2 nitrogen and oxygen atoms in total. The summed E-state index contributed by atoms with van der Waals surface area (Å²) in [5.74, 6) is 5.03. The molecule has 0 aliphatic heterocycles. The first-order valence-electron chi connectivity index (χ1n) is 6.22. The monoisotopic (exact) mass is 278 g/mol. The van der Waals surface area contributed by atoms with E-state index in [-0.39, 0.29) is 0 Å². The van der Waals surface area contributed by atoms with Crippen molar-refractivity contribution in [2.45, 2.75) is 25.3 Å². The van der Waals surface area contributed by atoms with Gasteiger partial charge in [-0.2, -0.15) is 0 Å². The number of halogens is 1. The van der Waals surface area contributed by atoms with Crippen LogP contribution in [0, 0.1) is 23.7 Å². The largest absolute Gasteiger partial charge is 0.367 e. The number of pyridine rings is 1. The van der Waals surface area contributed by atoms with Crippen LogP contribution in [0.3, 0.4) is 0 Å². The Morgan fingerprint density at radius 2 is 1.94 bits per heavy atom. The van der Waals surface area contributed by atoms with Crippen LogP contribution in [0.2, 0.25) is 0 Å². The molecule has 2 bridgehead atoms. The highest BCUT2D eigenvalue weighted by atomic mass is 79.9. The van der Waals surface area contributed by atoms with E-state index in [1.807, 2.05) is 12.1 Å². The molecule has 3 saturated carbocycles. The van der Waals surface area contributed by atoms with E-state index >= 15 is 0 Å². The van der Waals surface area contributed by atoms with Crippen molar-refractivity contribution in [3.8, 4) is 0 Å². The zero-order valence-electron chi connectivity index (χ0n) is 9.07. The Kier molecular flexibility index (Phi) is 1.90. The molecule has 4 atom stereocenters. The summed E-state index contributed by atoms with van der Waals surface area (Å²) in [5, 5.41) is 3.62. The second kappa shape index (κ2) is 3.22. The zero-order valence-corrected chi connectivity index (χ0v) is 10.7. The highest BCUT2D eigenvalue weighted by Crippen LogP contribution is 2.66. The average molecular weight is 279 g/mol. The van der Waals surface area contributed by atoms with E-state index in [0.29, 0.717) is 0 Å². The Morgan fingerprint density at radius 1 is 1.19 bits per heavy atom. The zero-order chi connectivity index (χ0) is 10.7. The van der Waals surface area contributed by atoms with E-state index in [1.165, 1.54) is 19.3 Å². The summed E-state index contributed by atoms with van der Waals surface area (Å²) in [6.45, 7) is 0. The maximum atomic E-state index is 4.46. The molecular weight excluding hydrogens is 264 g/mol. The van der Waals surface area contributed by atoms with Gasteiger partial charge in [0, 0.05) is 6.04 Å². The van der Waals surface area contributed by atoms with Gasteiger partial charge in [-0.25, -0.2) is 4.98 Å². The summed E-state index contributed by atoms with van der Waals surface area (Å²) >= 11 is 3.42. The van der Waals surface area contributed by atoms with Crippen LogP contribution in [0.25, 0.3) is 0 Å². The van der Waals surface area contributed by atoms with Crippen molar-refractivity contribution in [2.75, 3.05) is 5.32 Å². The SMILES string of the molecule is Brc1cccc(NC2C3C4CCC(C4)C23)n1. The van der Waals surface area contributed by atoms with Crippen LogP contribution >= 0.6 is 15.9 Å². The lowest BCUT2D eigenvalue weighted by Gasteiger charge is -2.11. The molecule has 0 spiro atoms. The third-order valence-electron chi connectivity index (χ3n) is 4.76. The van der Waals surface area contributed by atoms with Crippen LogP contribution in [0.1, 0.15) is 19.3 Å². The van der Waals surface area contributed by atoms with E-state index < -0.39 is 0 Å². The molecule has 16 heavy (non-hydrogen) atoms. The number of rotatable bonds is 2. The average Bonchev–Trinajstić information content (AvgIpc) is 2.70. The minimum absolute atomic E-state index is 0.730. The molecule has 3 aliphatic carbocycles. The van der Waals surface area contributed by atoms with E-state index in [0.717, 1.165) is 40.1 Å². The molecule has 3 aliphatic rings. The second-order valence-electron chi connectivity index (χ2n) is 5.50. The van der Waals surface area contributed by atoms with Crippen molar-refractivity contribution in [3.05, 3.63) is 22.8 Å². The molecule has 3 heteroatoms. The lowest BCUT2D eigenvalue weighted by Crippen LogP contribution is -2.13. The Labute approximate surface area is 104 Å². The molecule has 3 fully saturated rings. The van der Waals surface area contributed by atoms with Gasteiger partial charge < -0.3 is 5.32 Å². The molecule has 1 aromatic heterocycles. The summed E-state index contributed by atoms with van der Waals surface area (Å²) in [5.41, 5.74) is 0. The van der Waals surface area contributed by atoms with Crippen molar-refractivity contribution in [1.82, 2.24) is 4.98 Å². The number of aromatic nitrogens is 1. The van der Waals surface area contributed by atoms with Crippen molar-refractivity contribution in [2.24, 2.45) is 23.7 Å². The normalized spacial score (nSPS) is 43.2. The van der Waals surface area contributed by atoms with Gasteiger partial charge in [-0.05, 0) is 71.0 Å². The molecule has 1 heterocycles. The minimum Gasteiger partial charge on any atom is -0.367 e. The van der Waals surface area contributed by atoms with Gasteiger partial charge in [0.05, 0.1) is 0 Å². The molecule has 0 saturated heterocycles. The number of hydrogen-bond acceptors (Lipinski definition) is 2. The summed E-state index contributed by atoms with van der Waals surface area (Å²) in [6.07, 6.45) is 4.48. The van der Waals surface area contributed by atoms with Gasteiger partial charge in [-0.3, -0.25) is 0 Å². The molecule has 4 rings (SSSR count). The van der Waals surface area contributed by atoms with Crippen LogP contribution < -0.4 is 5.32 Å². The third kappa shape index (κ3) is 1.27. The maximum absolute atomic E-state index is 4.46. The van der Waals surface area contributed by atoms with Gasteiger partial charge >= 0.3 is 0 Å². The van der Waals surface area contributed by atoms with E-state index in [9.17, 15) is 0 Å². The number of nitrogens with one attached hydrogen (secondary N) is 1. The number of anilines is 1. The number of nitrogens with zero attached hydrogens (tertiary/aromatic N) is 1. The summed E-state index contributed by atoms with van der Waals surface area (Å²) < 4.78 is 0.922. The minimum atomic E-state index is 0.730. The molecule has 0 amide bonds. The van der Waals surface area contributed by atoms with Crippen LogP contribution in [0.5, 0.6) is 0 Å². The Bertz CT molecular complexity index is 418. The first-order chi connectivity index (χ1) is 7.83. The highest BCUT2D eigenvalue weighted by Gasteiger charge is 2.65. The van der Waals surface area contributed by atoms with Crippen molar-refractivity contribution in [3.63, 3.8) is 0 Å². The van der Waals surface area contributed by atoms with Gasteiger partial charge in [-0.15, -0.1) is 0 Å². The van der Waals surface area contributed by atoms with Crippen LogP contribution in [-0.4, -0.2) is 11.0 Å². The molecular formula is C13H15BrN2. The Balaban J connectivity index is 1.51. The predicted molar refractivity (Wildman–Crippen MR) is 67.2 cm³/mol. The molecule has 0 radical (unpaired) electrons. The van der Waals surface area contributed by atoms with Crippen LogP contribution in [0.4, 0.5) is 5.82 Å². The first kappa shape index (κ1) is 9.46. The lowest BCUT2D eigenvalue weighted by molar-refractivity contribution is 0.456. The fraction of sp³-hybridized carbons (Fsp3) is 0.615. The topological polar surface area (TPSA) is 24.9 Å². The predicted octanol–water partition coefficient (Wildman–Crippen LogP) is 3.30. The smallest absolute Gasteiger partial charge is 0.127 e. The quantitative estimate of drug-likeness (QED) is 0.840. The van der Waals surface area contributed by atoms with Gasteiger partial charge in [0.2, 0.25) is 0 Å². The van der Waals surface area contributed by atoms with Crippen LogP contribution in [-0.2, 0) is 0 Å². The summed E-state index contributed by atoms with van der Waals surface area (Å²) in [4.78, 5) is 4.46. The maximum Gasteiger partial charge on any atom is 0.127 e. The fourth-order valence-electron chi connectivity index (χ4n) is 4.18. The van der Waals surface area contributed by atoms with Crippen molar-refractivity contribution in [1.29, 1.82) is 0 Å². The van der Waals surface area contributed by atoms with E-state index in [4.69, 9.17) is 0 Å². The molecule has 1 N–H and O–H groups in total. The fourth-order valence-corrected chi connectivity index (χ4v) is 4.52. The highest BCUT2D eigenvalue weighted by molar-refractivity contribution is 9.10. The Morgan fingerprint density at radius 3 is 2.62 bits per heavy atom. The van der Waals surface area contributed by atoms with Gasteiger partial charge in [0.25, 0.3) is 0 Å². The van der Waals surface area contributed by atoms with Gasteiger partial charge in [-0.1, -0.05) is 6.07 Å². The Hall–Kier alpha value is -0.570. The lowest BCUT2D eigenvalue weighted by atomic mass is 10.0. The van der Waals surface area contributed by atoms with Crippen LogP contribution in [0.15, 0.2) is 22.8 Å². The number of hydrogen-bond donors (Lipinski definition) is 1. The standard InChI is InChI=1S/C13H15BrN2/c14-9-2-1-3-10(15-9)16-13-11-7-4-5-8(6-7)12(11)13/h1-3,7-8,11-13H,4-6H2,(H,15,16). The van der Waals surface area contributed by atoms with Crippen molar-refractivity contribution >= 4 is 21.7 Å². The molecule has 1 aromatic rings. The summed E-state index contributed by atoms with van der Waals surface area (Å²) in [6, 6.07) is 6.82. The second-order valence-corrected chi connectivity index (χ2v) is 6.32. The third-order valence-corrected chi connectivity index (χ3v) is 5.21. The number of fused-ring (bicyclic) bond motifs is 5. The van der Waals surface area contributed by atoms with Gasteiger partial charge in [0.15, 0.2) is 0 Å². The van der Waals surface area contributed by atoms with Crippen molar-refractivity contribution < 1.29 is 0 Å². The first-order valence-corrected chi connectivity index (χ1v) is 7.01. The molecule has 0 aromatic carbocycles. The van der Waals surface area contributed by atoms with E-state index in [2.05, 4.69) is 32.3 Å².